The van der Waals surface area contributed by atoms with Crippen LogP contribution in [0.4, 0.5) is 4.79 Å². The van der Waals surface area contributed by atoms with Gasteiger partial charge in [0.15, 0.2) is 0 Å². The molecule has 1 rings (SSSR count). The molecular formula is C12H23N3O2S. The first-order chi connectivity index (χ1) is 8.52. The molecule has 0 aromatic carbocycles. The van der Waals surface area contributed by atoms with E-state index in [1.807, 2.05) is 6.26 Å². The third-order valence-corrected chi connectivity index (χ3v) is 3.77. The van der Waals surface area contributed by atoms with Crippen molar-refractivity contribution in [2.45, 2.75) is 51.7 Å². The number of hydrogen-bond donors (Lipinski definition) is 2. The molecule has 0 aliphatic heterocycles. The quantitative estimate of drug-likeness (QED) is 0.470. The SMILES string of the molecule is CS/C(=N\NC(=O)OC(C)C)[C@H]1CC[C@H](N)CC1. The third-order valence-electron chi connectivity index (χ3n) is 2.93. The summed E-state index contributed by atoms with van der Waals surface area (Å²) in [5.41, 5.74) is 8.33. The first-order valence-electron chi connectivity index (χ1n) is 6.36. The molecule has 1 aliphatic carbocycles. The van der Waals surface area contributed by atoms with Gasteiger partial charge in [-0.05, 0) is 45.8 Å². The van der Waals surface area contributed by atoms with Gasteiger partial charge >= 0.3 is 6.09 Å². The van der Waals surface area contributed by atoms with Gasteiger partial charge in [-0.1, -0.05) is 0 Å². The number of thioether (sulfide) groups is 1. The number of nitrogens with one attached hydrogen (secondary N) is 1. The molecule has 0 bridgehead atoms. The predicted molar refractivity (Wildman–Crippen MR) is 75.6 cm³/mol. The molecule has 1 saturated carbocycles. The lowest BCUT2D eigenvalue weighted by Crippen LogP contribution is -2.30. The van der Waals surface area contributed by atoms with E-state index in [2.05, 4.69) is 10.5 Å². The van der Waals surface area contributed by atoms with E-state index in [1.165, 1.54) is 0 Å². The Morgan fingerprint density at radius 1 is 1.39 bits per heavy atom. The van der Waals surface area contributed by atoms with Crippen LogP contribution in [-0.2, 0) is 4.74 Å². The van der Waals surface area contributed by atoms with E-state index in [0.29, 0.717) is 12.0 Å². The van der Waals surface area contributed by atoms with Crippen LogP contribution in [0.15, 0.2) is 5.10 Å². The minimum atomic E-state index is -0.496. The van der Waals surface area contributed by atoms with Crippen molar-refractivity contribution in [1.29, 1.82) is 0 Å². The molecule has 0 saturated heterocycles. The van der Waals surface area contributed by atoms with E-state index in [4.69, 9.17) is 10.5 Å². The summed E-state index contributed by atoms with van der Waals surface area (Å²) in [5, 5.41) is 5.12. The number of carbonyl (C=O) groups is 1. The molecule has 0 aromatic rings. The molecule has 0 atom stereocenters. The zero-order chi connectivity index (χ0) is 13.5. The molecule has 0 unspecified atom stereocenters. The van der Waals surface area contributed by atoms with Gasteiger partial charge in [-0.3, -0.25) is 0 Å². The lowest BCUT2D eigenvalue weighted by molar-refractivity contribution is 0.116. The second kappa shape index (κ2) is 7.63. The van der Waals surface area contributed by atoms with Crippen molar-refractivity contribution in [3.05, 3.63) is 0 Å². The van der Waals surface area contributed by atoms with Gasteiger partial charge in [0.05, 0.1) is 11.1 Å². The largest absolute Gasteiger partial charge is 0.446 e. The Morgan fingerprint density at radius 2 is 2.00 bits per heavy atom. The van der Waals surface area contributed by atoms with Gasteiger partial charge in [0.25, 0.3) is 0 Å². The maximum absolute atomic E-state index is 11.3. The first-order valence-corrected chi connectivity index (χ1v) is 7.59. The molecule has 104 valence electrons. The molecule has 0 heterocycles. The Kier molecular flexibility index (Phi) is 6.49. The smallest absolute Gasteiger partial charge is 0.428 e. The van der Waals surface area contributed by atoms with Crippen molar-refractivity contribution in [1.82, 2.24) is 5.43 Å². The van der Waals surface area contributed by atoms with Crippen LogP contribution in [0.2, 0.25) is 0 Å². The van der Waals surface area contributed by atoms with E-state index >= 15 is 0 Å². The van der Waals surface area contributed by atoms with E-state index in [1.54, 1.807) is 25.6 Å². The molecule has 3 N–H and O–H groups in total. The Hall–Kier alpha value is -0.750. The fraction of sp³-hybridized carbons (Fsp3) is 0.833. The lowest BCUT2D eigenvalue weighted by Gasteiger charge is -2.26. The third kappa shape index (κ3) is 5.27. The van der Waals surface area contributed by atoms with Gasteiger partial charge in [-0.15, -0.1) is 11.8 Å². The van der Waals surface area contributed by atoms with E-state index < -0.39 is 6.09 Å². The highest BCUT2D eigenvalue weighted by Gasteiger charge is 2.23. The van der Waals surface area contributed by atoms with Gasteiger partial charge in [0.2, 0.25) is 0 Å². The summed E-state index contributed by atoms with van der Waals surface area (Å²) in [7, 11) is 0. The fourth-order valence-electron chi connectivity index (χ4n) is 2.01. The van der Waals surface area contributed by atoms with Crippen molar-refractivity contribution < 1.29 is 9.53 Å². The van der Waals surface area contributed by atoms with Gasteiger partial charge in [-0.2, -0.15) is 5.10 Å². The number of hydrazone groups is 1. The van der Waals surface area contributed by atoms with Crippen molar-refractivity contribution in [2.24, 2.45) is 16.8 Å². The lowest BCUT2D eigenvalue weighted by atomic mass is 9.87. The average molecular weight is 273 g/mol. The summed E-state index contributed by atoms with van der Waals surface area (Å²) in [6.45, 7) is 3.61. The Balaban J connectivity index is 2.47. The summed E-state index contributed by atoms with van der Waals surface area (Å²) < 4.78 is 4.96. The number of nitrogens with two attached hydrogens (primary N) is 1. The highest BCUT2D eigenvalue weighted by molar-refractivity contribution is 8.13. The van der Waals surface area contributed by atoms with Gasteiger partial charge in [0, 0.05) is 12.0 Å². The Labute approximate surface area is 113 Å². The number of carbonyl (C=O) groups excluding carboxylic acids is 1. The maximum Gasteiger partial charge on any atom is 0.428 e. The van der Waals surface area contributed by atoms with Crippen LogP contribution in [0.3, 0.4) is 0 Å². The maximum atomic E-state index is 11.3. The van der Waals surface area contributed by atoms with Crippen molar-refractivity contribution in [2.75, 3.05) is 6.26 Å². The number of rotatable bonds is 3. The second-order valence-corrected chi connectivity index (χ2v) is 5.66. The zero-order valence-electron chi connectivity index (χ0n) is 11.3. The summed E-state index contributed by atoms with van der Waals surface area (Å²) in [4.78, 5) is 11.3. The average Bonchev–Trinajstić information content (AvgIpc) is 2.31. The van der Waals surface area contributed by atoms with Gasteiger partial charge < -0.3 is 10.5 Å². The minimum Gasteiger partial charge on any atom is -0.446 e. The number of amides is 1. The monoisotopic (exact) mass is 273 g/mol. The molecule has 1 amide bonds. The summed E-state index contributed by atoms with van der Waals surface area (Å²) in [5.74, 6) is 0.416. The molecule has 5 nitrogen and oxygen atoms in total. The van der Waals surface area contributed by atoms with E-state index in [-0.39, 0.29) is 6.10 Å². The van der Waals surface area contributed by atoms with Crippen LogP contribution >= 0.6 is 11.8 Å². The first kappa shape index (κ1) is 15.3. The van der Waals surface area contributed by atoms with Crippen LogP contribution in [0.25, 0.3) is 0 Å². The van der Waals surface area contributed by atoms with Crippen LogP contribution in [-0.4, -0.2) is 29.5 Å². The van der Waals surface area contributed by atoms with Gasteiger partial charge in [-0.25, -0.2) is 10.2 Å². The molecule has 1 fully saturated rings. The number of ether oxygens (including phenoxy) is 1. The van der Waals surface area contributed by atoms with Crippen LogP contribution in [0, 0.1) is 5.92 Å². The predicted octanol–water partition coefficient (Wildman–Crippen LogP) is 2.32. The summed E-state index contributed by atoms with van der Waals surface area (Å²) in [6, 6.07) is 0.322. The van der Waals surface area contributed by atoms with Crippen LogP contribution in [0.1, 0.15) is 39.5 Å². The number of hydrogen-bond acceptors (Lipinski definition) is 5. The molecule has 0 spiro atoms. The molecule has 6 heteroatoms. The molecule has 18 heavy (non-hydrogen) atoms. The van der Waals surface area contributed by atoms with Crippen LogP contribution in [0.5, 0.6) is 0 Å². The van der Waals surface area contributed by atoms with Crippen LogP contribution < -0.4 is 11.2 Å². The molecule has 0 radical (unpaired) electrons. The van der Waals surface area contributed by atoms with Crippen molar-refractivity contribution >= 4 is 22.9 Å². The highest BCUT2D eigenvalue weighted by atomic mass is 32.2. The molecule has 1 aliphatic rings. The molecule has 0 aromatic heterocycles. The van der Waals surface area contributed by atoms with Gasteiger partial charge in [0.1, 0.15) is 0 Å². The molecular weight excluding hydrogens is 250 g/mol. The topological polar surface area (TPSA) is 76.7 Å². The van der Waals surface area contributed by atoms with Crippen molar-refractivity contribution in [3.63, 3.8) is 0 Å². The summed E-state index contributed by atoms with van der Waals surface area (Å²) in [6.07, 6.45) is 5.49. The Morgan fingerprint density at radius 3 is 2.50 bits per heavy atom. The van der Waals surface area contributed by atoms with Crippen molar-refractivity contribution in [3.8, 4) is 0 Å². The van der Waals surface area contributed by atoms with E-state index in [0.717, 1.165) is 30.7 Å². The standard InChI is InChI=1S/C12H23N3O2S/c1-8(2)17-12(16)15-14-11(18-3)9-4-6-10(13)7-5-9/h8-10H,4-7,13H2,1-3H3,(H,15,16)/b14-11-/t9-,10-. The zero-order valence-corrected chi connectivity index (χ0v) is 12.1. The number of nitrogens with zero attached hydrogens (tertiary/aromatic N) is 1. The minimum absolute atomic E-state index is 0.134. The van der Waals surface area contributed by atoms with E-state index in [9.17, 15) is 4.79 Å². The highest BCUT2D eigenvalue weighted by Crippen LogP contribution is 2.27. The second-order valence-electron chi connectivity index (χ2n) is 4.83. The normalized spacial score (nSPS) is 25.1. The summed E-state index contributed by atoms with van der Waals surface area (Å²) >= 11 is 1.58. The Bertz CT molecular complexity index is 300. The fourth-order valence-corrected chi connectivity index (χ4v) is 2.72.